The molecule has 3 heteroatoms. The maximum absolute atomic E-state index is 12.7. The van der Waals surface area contributed by atoms with E-state index in [0.717, 1.165) is 24.8 Å². The smallest absolute Gasteiger partial charge is 0.193 e. The maximum Gasteiger partial charge on any atom is 0.193 e. The van der Waals surface area contributed by atoms with Crippen LogP contribution in [0.1, 0.15) is 95.2 Å². The lowest BCUT2D eigenvalue weighted by atomic mass is 10.0. The summed E-state index contributed by atoms with van der Waals surface area (Å²) in [7, 11) is 0. The van der Waals surface area contributed by atoms with Gasteiger partial charge in [0, 0.05) is 10.9 Å². The molecule has 0 bridgehead atoms. The van der Waals surface area contributed by atoms with Gasteiger partial charge in [0.15, 0.2) is 5.43 Å². The summed E-state index contributed by atoms with van der Waals surface area (Å²) in [5, 5.41) is 10.9. The minimum absolute atomic E-state index is 0.0801. The fraction of sp³-hybridized carbons (Fsp3) is 0.625. The van der Waals surface area contributed by atoms with Crippen molar-refractivity contribution in [2.24, 2.45) is 0 Å². The molecular formula is C24H37NO2. The van der Waals surface area contributed by atoms with E-state index in [1.165, 1.54) is 68.9 Å². The highest BCUT2D eigenvalue weighted by Gasteiger charge is 2.12. The van der Waals surface area contributed by atoms with Crippen LogP contribution < -0.4 is 5.43 Å². The summed E-state index contributed by atoms with van der Waals surface area (Å²) >= 11 is 0. The lowest BCUT2D eigenvalue weighted by Crippen LogP contribution is -2.17. The second-order valence-corrected chi connectivity index (χ2v) is 7.86. The van der Waals surface area contributed by atoms with E-state index in [9.17, 15) is 10.0 Å². The number of rotatable bonds is 13. The van der Waals surface area contributed by atoms with Crippen LogP contribution in [0.15, 0.2) is 29.1 Å². The molecule has 0 atom stereocenters. The molecule has 2 aromatic rings. The number of fused-ring (bicyclic) bond motifs is 1. The van der Waals surface area contributed by atoms with Gasteiger partial charge in [-0.2, -0.15) is 4.73 Å². The molecule has 3 nitrogen and oxygen atoms in total. The largest absolute Gasteiger partial charge is 0.428 e. The van der Waals surface area contributed by atoms with Gasteiger partial charge in [-0.15, -0.1) is 0 Å². The highest BCUT2D eigenvalue weighted by molar-refractivity contribution is 5.79. The molecule has 1 N–H and O–H groups in total. The van der Waals surface area contributed by atoms with Gasteiger partial charge in [-0.1, -0.05) is 89.7 Å². The number of hydrogen-bond donors (Lipinski definition) is 1. The summed E-state index contributed by atoms with van der Waals surface area (Å²) in [6, 6.07) is 7.29. The van der Waals surface area contributed by atoms with Gasteiger partial charge in [-0.25, -0.2) is 0 Å². The fourth-order valence-electron chi connectivity index (χ4n) is 3.92. The average Bonchev–Trinajstić information content (AvgIpc) is 2.69. The van der Waals surface area contributed by atoms with Crippen LogP contribution in [-0.4, -0.2) is 9.94 Å². The molecule has 0 unspecified atom stereocenters. The van der Waals surface area contributed by atoms with Crippen molar-refractivity contribution in [3.63, 3.8) is 0 Å². The zero-order chi connectivity index (χ0) is 19.5. The van der Waals surface area contributed by atoms with Gasteiger partial charge >= 0.3 is 0 Å². The Morgan fingerprint density at radius 2 is 1.33 bits per heavy atom. The second-order valence-electron chi connectivity index (χ2n) is 7.86. The number of unbranched alkanes of at least 4 members (excludes halogenated alkanes) is 11. The summed E-state index contributed by atoms with van der Waals surface area (Å²) < 4.78 is 1.17. The summed E-state index contributed by atoms with van der Waals surface area (Å²) in [5.41, 5.74) is 2.12. The van der Waals surface area contributed by atoms with Crippen molar-refractivity contribution < 1.29 is 5.21 Å². The number of nitrogens with zero attached hydrogens (tertiary/aromatic N) is 1. The molecule has 0 fully saturated rings. The Balaban J connectivity index is 1.67. The first-order chi connectivity index (χ1) is 13.2. The SMILES string of the molecule is CCCCCCCCCCCCCCc1c(C)n(O)c2ccccc2c1=O. The van der Waals surface area contributed by atoms with Crippen LogP contribution in [0.2, 0.25) is 0 Å². The van der Waals surface area contributed by atoms with Crippen molar-refractivity contribution in [3.8, 4) is 0 Å². The third-order valence-electron chi connectivity index (χ3n) is 5.69. The third kappa shape index (κ3) is 6.41. The monoisotopic (exact) mass is 371 g/mol. The first kappa shape index (κ1) is 21.5. The van der Waals surface area contributed by atoms with Crippen LogP contribution in [0.5, 0.6) is 0 Å². The van der Waals surface area contributed by atoms with Gasteiger partial charge in [-0.3, -0.25) is 4.79 Å². The molecule has 1 heterocycles. The Morgan fingerprint density at radius 1 is 0.815 bits per heavy atom. The molecule has 0 spiro atoms. The van der Waals surface area contributed by atoms with E-state index in [1.54, 1.807) is 12.1 Å². The van der Waals surface area contributed by atoms with Gasteiger partial charge in [0.1, 0.15) is 0 Å². The minimum atomic E-state index is 0.0801. The summed E-state index contributed by atoms with van der Waals surface area (Å²) in [6.07, 6.45) is 16.5. The predicted octanol–water partition coefficient (Wildman–Crippen LogP) is 6.79. The van der Waals surface area contributed by atoms with Crippen molar-refractivity contribution in [3.05, 3.63) is 45.7 Å². The number of pyridine rings is 1. The van der Waals surface area contributed by atoms with E-state index >= 15 is 0 Å². The van der Waals surface area contributed by atoms with Crippen LogP contribution >= 0.6 is 0 Å². The predicted molar refractivity (Wildman–Crippen MR) is 115 cm³/mol. The van der Waals surface area contributed by atoms with Crippen LogP contribution in [0.4, 0.5) is 0 Å². The summed E-state index contributed by atoms with van der Waals surface area (Å²) in [5.74, 6) is 0. The van der Waals surface area contributed by atoms with Crippen molar-refractivity contribution >= 4 is 10.9 Å². The number of benzene rings is 1. The van der Waals surface area contributed by atoms with E-state index in [1.807, 2.05) is 19.1 Å². The lowest BCUT2D eigenvalue weighted by molar-refractivity contribution is 0.190. The van der Waals surface area contributed by atoms with E-state index in [2.05, 4.69) is 6.92 Å². The number of hydrogen-bond acceptors (Lipinski definition) is 2. The molecule has 0 aliphatic rings. The van der Waals surface area contributed by atoms with Gasteiger partial charge < -0.3 is 5.21 Å². The van der Waals surface area contributed by atoms with Gasteiger partial charge in [0.05, 0.1) is 11.2 Å². The van der Waals surface area contributed by atoms with Crippen molar-refractivity contribution in [2.45, 2.75) is 97.3 Å². The number of para-hydroxylation sites is 1. The van der Waals surface area contributed by atoms with Crippen LogP contribution in [0, 0.1) is 6.92 Å². The Hall–Kier alpha value is -1.77. The quantitative estimate of drug-likeness (QED) is 0.311. The zero-order valence-electron chi connectivity index (χ0n) is 17.3. The number of aromatic nitrogens is 1. The highest BCUT2D eigenvalue weighted by atomic mass is 16.5. The first-order valence-corrected chi connectivity index (χ1v) is 11.0. The Morgan fingerprint density at radius 3 is 1.93 bits per heavy atom. The van der Waals surface area contributed by atoms with E-state index in [4.69, 9.17) is 0 Å². The van der Waals surface area contributed by atoms with Crippen LogP contribution in [0.3, 0.4) is 0 Å². The highest BCUT2D eigenvalue weighted by Crippen LogP contribution is 2.17. The molecule has 0 saturated carbocycles. The van der Waals surface area contributed by atoms with Crippen LogP contribution in [0.25, 0.3) is 10.9 Å². The average molecular weight is 372 g/mol. The molecule has 0 saturated heterocycles. The van der Waals surface area contributed by atoms with E-state index in [0.29, 0.717) is 16.6 Å². The van der Waals surface area contributed by atoms with Crippen LogP contribution in [-0.2, 0) is 6.42 Å². The maximum atomic E-state index is 12.7. The molecule has 27 heavy (non-hydrogen) atoms. The van der Waals surface area contributed by atoms with Crippen molar-refractivity contribution in [2.75, 3.05) is 0 Å². The first-order valence-electron chi connectivity index (χ1n) is 11.0. The molecule has 0 amide bonds. The standard InChI is InChI=1S/C24H37NO2/c1-3-4-5-6-7-8-9-10-11-12-13-14-17-21-20(2)25(27)23-19-16-15-18-22(23)24(21)26/h15-16,18-19,27H,3-14,17H2,1-2H3. The molecule has 2 rings (SSSR count). The minimum Gasteiger partial charge on any atom is -0.428 e. The second kappa shape index (κ2) is 11.8. The molecular weight excluding hydrogens is 334 g/mol. The van der Waals surface area contributed by atoms with Gasteiger partial charge in [-0.05, 0) is 31.9 Å². The van der Waals surface area contributed by atoms with Crippen molar-refractivity contribution in [1.29, 1.82) is 0 Å². The van der Waals surface area contributed by atoms with E-state index < -0.39 is 0 Å². The Bertz CT molecular complexity index is 748. The Kier molecular flexibility index (Phi) is 9.44. The molecule has 0 aliphatic carbocycles. The van der Waals surface area contributed by atoms with Gasteiger partial charge in [0.25, 0.3) is 0 Å². The summed E-state index contributed by atoms with van der Waals surface area (Å²) in [4.78, 5) is 12.7. The Labute approximate surface area is 164 Å². The molecule has 150 valence electrons. The summed E-state index contributed by atoms with van der Waals surface area (Å²) in [6.45, 7) is 4.10. The fourth-order valence-corrected chi connectivity index (χ4v) is 3.92. The molecule has 1 aromatic carbocycles. The topological polar surface area (TPSA) is 42.2 Å². The van der Waals surface area contributed by atoms with E-state index in [-0.39, 0.29) is 5.43 Å². The third-order valence-corrected chi connectivity index (χ3v) is 5.69. The van der Waals surface area contributed by atoms with Gasteiger partial charge in [0.2, 0.25) is 0 Å². The lowest BCUT2D eigenvalue weighted by Gasteiger charge is -2.12. The molecule has 0 aliphatic heterocycles. The molecule has 1 aromatic heterocycles. The zero-order valence-corrected chi connectivity index (χ0v) is 17.3. The normalized spacial score (nSPS) is 11.3. The molecule has 0 radical (unpaired) electrons. The van der Waals surface area contributed by atoms with Crippen molar-refractivity contribution in [1.82, 2.24) is 4.73 Å².